The van der Waals surface area contributed by atoms with Crippen LogP contribution in [-0.4, -0.2) is 26.0 Å². The lowest BCUT2D eigenvalue weighted by atomic mass is 10.2. The van der Waals surface area contributed by atoms with Gasteiger partial charge in [0, 0.05) is 26.3 Å². The summed E-state index contributed by atoms with van der Waals surface area (Å²) in [6, 6.07) is 7.32. The maximum absolute atomic E-state index is 13.2. The van der Waals surface area contributed by atoms with Crippen LogP contribution in [0.15, 0.2) is 23.3 Å². The first-order valence-corrected chi connectivity index (χ1v) is 5.87. The van der Waals surface area contributed by atoms with Crippen molar-refractivity contribution in [2.75, 3.05) is 31.0 Å². The molecule has 20 heavy (non-hydrogen) atoms. The van der Waals surface area contributed by atoms with Crippen LogP contribution in [0.1, 0.15) is 6.42 Å². The SMILES string of the molecule is COCCCNc1ccc(F)cc1NN=C(C#N)C#N. The summed E-state index contributed by atoms with van der Waals surface area (Å²) < 4.78 is 18.1. The van der Waals surface area contributed by atoms with Crippen LogP contribution in [0.25, 0.3) is 0 Å². The predicted octanol–water partition coefficient (Wildman–Crippen LogP) is 2.09. The molecule has 0 saturated heterocycles. The van der Waals surface area contributed by atoms with Crippen molar-refractivity contribution in [2.45, 2.75) is 6.42 Å². The van der Waals surface area contributed by atoms with Crippen molar-refractivity contribution in [3.8, 4) is 12.1 Å². The number of benzene rings is 1. The van der Waals surface area contributed by atoms with E-state index in [9.17, 15) is 4.39 Å². The van der Waals surface area contributed by atoms with Crippen molar-refractivity contribution in [3.63, 3.8) is 0 Å². The van der Waals surface area contributed by atoms with Crippen LogP contribution in [0.2, 0.25) is 0 Å². The Morgan fingerprint density at radius 1 is 1.35 bits per heavy atom. The molecular formula is C13H14FN5O. The maximum atomic E-state index is 13.2. The van der Waals surface area contributed by atoms with Gasteiger partial charge in [-0.1, -0.05) is 0 Å². The molecule has 0 atom stereocenters. The summed E-state index contributed by atoms with van der Waals surface area (Å²) in [4.78, 5) is 0. The van der Waals surface area contributed by atoms with E-state index in [0.717, 1.165) is 6.42 Å². The molecule has 0 amide bonds. The number of nitrogens with zero attached hydrogens (tertiary/aromatic N) is 3. The Balaban J connectivity index is 2.78. The largest absolute Gasteiger partial charge is 0.385 e. The zero-order chi connectivity index (χ0) is 14.8. The summed E-state index contributed by atoms with van der Waals surface area (Å²) in [7, 11) is 1.62. The molecule has 104 valence electrons. The molecule has 0 spiro atoms. The highest BCUT2D eigenvalue weighted by atomic mass is 19.1. The fourth-order valence-corrected chi connectivity index (χ4v) is 1.39. The highest BCUT2D eigenvalue weighted by molar-refractivity contribution is 6.10. The van der Waals surface area contributed by atoms with Crippen LogP contribution in [0.4, 0.5) is 15.8 Å². The summed E-state index contributed by atoms with van der Waals surface area (Å²) in [6.45, 7) is 1.25. The van der Waals surface area contributed by atoms with E-state index >= 15 is 0 Å². The van der Waals surface area contributed by atoms with E-state index in [4.69, 9.17) is 15.3 Å². The van der Waals surface area contributed by atoms with Crippen LogP contribution in [0.5, 0.6) is 0 Å². The molecule has 1 aromatic carbocycles. The molecule has 0 saturated carbocycles. The number of nitrogens with one attached hydrogen (secondary N) is 2. The molecule has 6 nitrogen and oxygen atoms in total. The topological polar surface area (TPSA) is 93.2 Å². The van der Waals surface area contributed by atoms with Crippen LogP contribution < -0.4 is 10.7 Å². The minimum Gasteiger partial charge on any atom is -0.385 e. The van der Waals surface area contributed by atoms with Crippen molar-refractivity contribution >= 4 is 17.1 Å². The highest BCUT2D eigenvalue weighted by Gasteiger charge is 2.04. The number of hydrogen-bond acceptors (Lipinski definition) is 6. The number of hydrogen-bond donors (Lipinski definition) is 2. The molecule has 0 heterocycles. The molecule has 0 unspecified atom stereocenters. The fourth-order valence-electron chi connectivity index (χ4n) is 1.39. The molecule has 1 aromatic rings. The monoisotopic (exact) mass is 275 g/mol. The average Bonchev–Trinajstić information content (AvgIpc) is 2.46. The number of methoxy groups -OCH3 is 1. The third kappa shape index (κ3) is 4.92. The van der Waals surface area contributed by atoms with Gasteiger partial charge in [-0.05, 0) is 18.6 Å². The van der Waals surface area contributed by atoms with Gasteiger partial charge in [0.05, 0.1) is 11.4 Å². The smallest absolute Gasteiger partial charge is 0.237 e. The van der Waals surface area contributed by atoms with Gasteiger partial charge in [0.25, 0.3) is 0 Å². The van der Waals surface area contributed by atoms with E-state index in [0.29, 0.717) is 24.5 Å². The lowest BCUT2D eigenvalue weighted by Crippen LogP contribution is -2.07. The Labute approximate surface area is 116 Å². The zero-order valence-electron chi connectivity index (χ0n) is 11.0. The molecular weight excluding hydrogens is 261 g/mol. The average molecular weight is 275 g/mol. The third-order valence-corrected chi connectivity index (χ3v) is 2.32. The van der Waals surface area contributed by atoms with Crippen LogP contribution in [0.3, 0.4) is 0 Å². The Kier molecular flexibility index (Phi) is 6.52. The van der Waals surface area contributed by atoms with Gasteiger partial charge in [-0.2, -0.15) is 15.6 Å². The van der Waals surface area contributed by atoms with Crippen LogP contribution in [0, 0.1) is 28.5 Å². The summed E-state index contributed by atoms with van der Waals surface area (Å²) >= 11 is 0. The van der Waals surface area contributed by atoms with E-state index in [1.54, 1.807) is 25.3 Å². The molecule has 0 aliphatic heterocycles. The van der Waals surface area contributed by atoms with Gasteiger partial charge in [0.2, 0.25) is 5.71 Å². The maximum Gasteiger partial charge on any atom is 0.237 e. The van der Waals surface area contributed by atoms with E-state index in [1.165, 1.54) is 12.1 Å². The summed E-state index contributed by atoms with van der Waals surface area (Å²) in [5, 5.41) is 23.8. The summed E-state index contributed by atoms with van der Waals surface area (Å²) in [5.74, 6) is -0.444. The number of halogens is 1. The fraction of sp³-hybridized carbons (Fsp3) is 0.308. The first-order valence-electron chi connectivity index (χ1n) is 5.87. The van der Waals surface area contributed by atoms with Crippen LogP contribution in [-0.2, 0) is 4.74 Å². The third-order valence-electron chi connectivity index (χ3n) is 2.32. The lowest BCUT2D eigenvalue weighted by Gasteiger charge is -2.11. The van der Waals surface area contributed by atoms with E-state index < -0.39 is 5.82 Å². The van der Waals surface area contributed by atoms with Crippen LogP contribution >= 0.6 is 0 Å². The van der Waals surface area contributed by atoms with Gasteiger partial charge in [-0.25, -0.2) is 4.39 Å². The molecule has 0 bridgehead atoms. The molecule has 0 fully saturated rings. The minimum atomic E-state index is -0.444. The number of anilines is 2. The van der Waals surface area contributed by atoms with Crippen molar-refractivity contribution in [1.29, 1.82) is 10.5 Å². The molecule has 0 aromatic heterocycles. The van der Waals surface area contributed by atoms with Gasteiger partial charge < -0.3 is 10.1 Å². The van der Waals surface area contributed by atoms with E-state index in [2.05, 4.69) is 15.8 Å². The number of hydrazone groups is 1. The standard InChI is InChI=1S/C13H14FN5O/c1-20-6-2-5-17-12-4-3-10(14)7-13(12)19-18-11(8-15)9-16/h3-4,7,17,19H,2,5-6H2,1H3. The first kappa shape index (κ1) is 15.4. The quantitative estimate of drug-likeness (QED) is 0.451. The van der Waals surface area contributed by atoms with E-state index in [1.807, 2.05) is 0 Å². The van der Waals surface area contributed by atoms with Crippen molar-refractivity contribution in [2.24, 2.45) is 5.10 Å². The van der Waals surface area contributed by atoms with Crippen molar-refractivity contribution in [3.05, 3.63) is 24.0 Å². The Morgan fingerprint density at radius 2 is 2.10 bits per heavy atom. The Bertz CT molecular complexity index is 543. The Morgan fingerprint density at radius 3 is 2.75 bits per heavy atom. The van der Waals surface area contributed by atoms with Crippen molar-refractivity contribution in [1.82, 2.24) is 0 Å². The molecule has 0 aliphatic rings. The second-order valence-corrected chi connectivity index (χ2v) is 3.76. The van der Waals surface area contributed by atoms with Crippen molar-refractivity contribution < 1.29 is 9.13 Å². The van der Waals surface area contributed by atoms with Gasteiger partial charge in [-0.15, -0.1) is 0 Å². The molecule has 0 radical (unpaired) electrons. The predicted molar refractivity (Wildman–Crippen MR) is 73.7 cm³/mol. The summed E-state index contributed by atoms with van der Waals surface area (Å²) in [5.41, 5.74) is 3.15. The number of rotatable bonds is 7. The van der Waals surface area contributed by atoms with Gasteiger partial charge in [0.15, 0.2) is 0 Å². The highest BCUT2D eigenvalue weighted by Crippen LogP contribution is 2.22. The first-order chi connectivity index (χ1) is 9.71. The van der Waals surface area contributed by atoms with E-state index in [-0.39, 0.29) is 5.71 Å². The van der Waals surface area contributed by atoms with Gasteiger partial charge >= 0.3 is 0 Å². The number of nitriles is 2. The second kappa shape index (κ2) is 8.46. The number of ether oxygens (including phenoxy) is 1. The molecule has 0 aliphatic carbocycles. The Hall–Kier alpha value is -2.64. The minimum absolute atomic E-state index is 0.334. The van der Waals surface area contributed by atoms with Gasteiger partial charge in [0.1, 0.15) is 18.0 Å². The normalized spacial score (nSPS) is 9.20. The summed E-state index contributed by atoms with van der Waals surface area (Å²) in [6.07, 6.45) is 0.790. The lowest BCUT2D eigenvalue weighted by molar-refractivity contribution is 0.198. The zero-order valence-corrected chi connectivity index (χ0v) is 11.0. The van der Waals surface area contributed by atoms with Gasteiger partial charge in [-0.3, -0.25) is 5.43 Å². The molecule has 2 N–H and O–H groups in total. The molecule has 7 heteroatoms. The molecule has 1 rings (SSSR count). The second-order valence-electron chi connectivity index (χ2n) is 3.76.